The number of methoxy groups -OCH3 is 1. The Morgan fingerprint density at radius 3 is 1.78 bits per heavy atom. The molecule has 0 fully saturated rings. The molecule has 0 bridgehead atoms. The van der Waals surface area contributed by atoms with Crippen LogP contribution in [0.2, 0.25) is 6.32 Å². The second kappa shape index (κ2) is 17.2. The second-order valence-electron chi connectivity index (χ2n) is 4.33. The molecule has 8 nitrogen and oxygen atoms in total. The Labute approximate surface area is 138 Å². The standard InChI is InChI=1S/C14H26BNO7/c1-19-14(18)2-4-20-6-8-22-10-11-23-9-7-21-5-3-16-13(17)12-15/h2-12H2,1H3,(H,16,17). The van der Waals surface area contributed by atoms with Gasteiger partial charge in [-0.25, -0.2) is 0 Å². The summed E-state index contributed by atoms with van der Waals surface area (Å²) in [4.78, 5) is 21.6. The van der Waals surface area contributed by atoms with Crippen molar-refractivity contribution in [1.82, 2.24) is 5.32 Å². The van der Waals surface area contributed by atoms with Crippen molar-refractivity contribution in [2.75, 3.05) is 66.5 Å². The molecule has 1 amide bonds. The summed E-state index contributed by atoms with van der Waals surface area (Å²) in [6.07, 6.45) is 0.231. The summed E-state index contributed by atoms with van der Waals surface area (Å²) >= 11 is 0. The Morgan fingerprint density at radius 2 is 1.30 bits per heavy atom. The number of rotatable bonds is 16. The van der Waals surface area contributed by atoms with E-state index in [1.54, 1.807) is 0 Å². The van der Waals surface area contributed by atoms with Gasteiger partial charge in [0.05, 0.1) is 74.2 Å². The van der Waals surface area contributed by atoms with Gasteiger partial charge in [0.2, 0.25) is 5.91 Å². The normalized spacial score (nSPS) is 10.5. The van der Waals surface area contributed by atoms with E-state index in [2.05, 4.69) is 10.1 Å². The molecule has 23 heavy (non-hydrogen) atoms. The zero-order chi connectivity index (χ0) is 17.2. The van der Waals surface area contributed by atoms with Crippen molar-refractivity contribution in [1.29, 1.82) is 0 Å². The lowest BCUT2D eigenvalue weighted by atomic mass is 10.1. The van der Waals surface area contributed by atoms with Gasteiger partial charge >= 0.3 is 5.97 Å². The topological polar surface area (TPSA) is 92.3 Å². The highest BCUT2D eigenvalue weighted by molar-refractivity contribution is 6.19. The highest BCUT2D eigenvalue weighted by Gasteiger charge is 1.99. The molecule has 2 radical (unpaired) electrons. The van der Waals surface area contributed by atoms with E-state index in [0.717, 1.165) is 0 Å². The van der Waals surface area contributed by atoms with E-state index >= 15 is 0 Å². The van der Waals surface area contributed by atoms with Crippen LogP contribution in [0.25, 0.3) is 0 Å². The zero-order valence-corrected chi connectivity index (χ0v) is 13.7. The number of hydrogen-bond acceptors (Lipinski definition) is 7. The summed E-state index contributed by atoms with van der Waals surface area (Å²) in [6.45, 7) is 3.91. The van der Waals surface area contributed by atoms with Crippen LogP contribution in [0, 0.1) is 0 Å². The quantitative estimate of drug-likeness (QED) is 0.228. The summed E-state index contributed by atoms with van der Waals surface area (Å²) in [7, 11) is 6.48. The van der Waals surface area contributed by atoms with Gasteiger partial charge in [0, 0.05) is 6.54 Å². The molecule has 0 aromatic carbocycles. The fourth-order valence-corrected chi connectivity index (χ4v) is 1.35. The number of hydrogen-bond donors (Lipinski definition) is 1. The maximum Gasteiger partial charge on any atom is 0.307 e. The van der Waals surface area contributed by atoms with Crippen LogP contribution < -0.4 is 5.32 Å². The Hall–Kier alpha value is -1.16. The Kier molecular flexibility index (Phi) is 16.3. The van der Waals surface area contributed by atoms with E-state index in [4.69, 9.17) is 26.8 Å². The Morgan fingerprint density at radius 1 is 0.826 bits per heavy atom. The predicted molar refractivity (Wildman–Crippen MR) is 83.5 cm³/mol. The number of carbonyl (C=O) groups is 2. The van der Waals surface area contributed by atoms with Crippen LogP contribution in [-0.4, -0.2) is 86.2 Å². The predicted octanol–water partition coefficient (Wildman–Crippen LogP) is -0.681. The van der Waals surface area contributed by atoms with Gasteiger partial charge < -0.3 is 29.0 Å². The third-order valence-corrected chi connectivity index (χ3v) is 2.55. The molecule has 0 heterocycles. The van der Waals surface area contributed by atoms with Gasteiger partial charge in [-0.3, -0.25) is 9.59 Å². The number of amides is 1. The molecule has 0 aromatic heterocycles. The summed E-state index contributed by atoms with van der Waals surface area (Å²) in [5.41, 5.74) is 0. The Balaban J connectivity index is 3.05. The molecular formula is C14H26BNO7. The average molecular weight is 331 g/mol. The summed E-state index contributed by atoms with van der Waals surface area (Å²) < 4.78 is 25.5. The smallest absolute Gasteiger partial charge is 0.307 e. The summed E-state index contributed by atoms with van der Waals surface area (Å²) in [5.74, 6) is -0.487. The van der Waals surface area contributed by atoms with Crippen LogP contribution in [0.1, 0.15) is 6.42 Å². The highest BCUT2D eigenvalue weighted by Crippen LogP contribution is 1.87. The van der Waals surface area contributed by atoms with Crippen molar-refractivity contribution >= 4 is 19.7 Å². The van der Waals surface area contributed by atoms with Gasteiger partial charge in [-0.1, -0.05) is 0 Å². The van der Waals surface area contributed by atoms with Gasteiger partial charge in [0.15, 0.2) is 0 Å². The van der Waals surface area contributed by atoms with Gasteiger partial charge in [-0.15, -0.1) is 0 Å². The maximum atomic E-state index is 10.8. The number of carbonyl (C=O) groups excluding carboxylic acids is 2. The van der Waals surface area contributed by atoms with E-state index in [1.807, 2.05) is 0 Å². The Bertz CT molecular complexity index is 277. The van der Waals surface area contributed by atoms with Gasteiger partial charge in [0.25, 0.3) is 0 Å². The molecule has 0 saturated carbocycles. The zero-order valence-electron chi connectivity index (χ0n) is 13.7. The molecule has 0 rings (SSSR count). The SMILES string of the molecule is [B]CC(=O)NCCOCCOCCOCCOCCC(=O)OC. The van der Waals surface area contributed by atoms with Crippen molar-refractivity contribution in [2.45, 2.75) is 12.7 Å². The second-order valence-corrected chi connectivity index (χ2v) is 4.33. The van der Waals surface area contributed by atoms with Crippen molar-refractivity contribution in [2.24, 2.45) is 0 Å². The van der Waals surface area contributed by atoms with Crippen LogP contribution in [0.4, 0.5) is 0 Å². The van der Waals surface area contributed by atoms with Gasteiger partial charge in [-0.05, 0) is 6.32 Å². The first-order valence-electron chi connectivity index (χ1n) is 7.55. The van der Waals surface area contributed by atoms with Crippen LogP contribution in [0.5, 0.6) is 0 Å². The van der Waals surface area contributed by atoms with Gasteiger partial charge in [0.1, 0.15) is 0 Å². The largest absolute Gasteiger partial charge is 0.469 e. The van der Waals surface area contributed by atoms with Crippen LogP contribution in [0.3, 0.4) is 0 Å². The van der Waals surface area contributed by atoms with Crippen LogP contribution >= 0.6 is 0 Å². The molecule has 0 unspecified atom stereocenters. The molecule has 0 atom stereocenters. The number of esters is 1. The molecular weight excluding hydrogens is 305 g/mol. The molecule has 0 aliphatic heterocycles. The highest BCUT2D eigenvalue weighted by atomic mass is 16.6. The lowest BCUT2D eigenvalue weighted by Gasteiger charge is -2.07. The van der Waals surface area contributed by atoms with Crippen LogP contribution in [-0.2, 0) is 33.3 Å². The van der Waals surface area contributed by atoms with E-state index in [9.17, 15) is 9.59 Å². The van der Waals surface area contributed by atoms with E-state index in [1.165, 1.54) is 7.11 Å². The fourth-order valence-electron chi connectivity index (χ4n) is 1.35. The fraction of sp³-hybridized carbons (Fsp3) is 0.857. The molecule has 132 valence electrons. The van der Waals surface area contributed by atoms with Crippen molar-refractivity contribution in [3.63, 3.8) is 0 Å². The first-order valence-corrected chi connectivity index (χ1v) is 7.55. The molecule has 0 aliphatic rings. The molecule has 0 spiro atoms. The molecule has 0 aromatic rings. The molecule has 1 N–H and O–H groups in total. The van der Waals surface area contributed by atoms with Crippen LogP contribution in [0.15, 0.2) is 0 Å². The number of ether oxygens (including phenoxy) is 5. The monoisotopic (exact) mass is 331 g/mol. The first-order chi connectivity index (χ1) is 11.2. The van der Waals surface area contributed by atoms with Crippen molar-refractivity contribution < 1.29 is 33.3 Å². The minimum atomic E-state index is -0.289. The number of nitrogens with one attached hydrogen (secondary N) is 1. The minimum absolute atomic E-state index is 0.0145. The third kappa shape index (κ3) is 17.0. The van der Waals surface area contributed by atoms with E-state index in [-0.39, 0.29) is 24.6 Å². The van der Waals surface area contributed by atoms with Crippen molar-refractivity contribution in [3.8, 4) is 0 Å². The van der Waals surface area contributed by atoms with Crippen molar-refractivity contribution in [3.05, 3.63) is 0 Å². The third-order valence-electron chi connectivity index (χ3n) is 2.55. The van der Waals surface area contributed by atoms with Gasteiger partial charge in [-0.2, -0.15) is 0 Å². The molecule has 0 aliphatic carbocycles. The molecule has 0 saturated heterocycles. The van der Waals surface area contributed by atoms with E-state index in [0.29, 0.717) is 59.4 Å². The first kappa shape index (κ1) is 21.8. The summed E-state index contributed by atoms with van der Waals surface area (Å²) in [6, 6.07) is 0. The maximum absolute atomic E-state index is 10.8. The molecule has 9 heteroatoms. The minimum Gasteiger partial charge on any atom is -0.469 e. The van der Waals surface area contributed by atoms with E-state index < -0.39 is 0 Å². The summed E-state index contributed by atoms with van der Waals surface area (Å²) in [5, 5.41) is 2.59. The lowest BCUT2D eigenvalue weighted by Crippen LogP contribution is -2.27. The average Bonchev–Trinajstić information content (AvgIpc) is 2.57. The lowest BCUT2D eigenvalue weighted by molar-refractivity contribution is -0.142.